The minimum absolute atomic E-state index is 0.0704. The van der Waals surface area contributed by atoms with Crippen molar-refractivity contribution in [3.63, 3.8) is 0 Å². The van der Waals surface area contributed by atoms with Crippen molar-refractivity contribution in [2.75, 3.05) is 6.61 Å². The number of thiophene rings is 1. The van der Waals surface area contributed by atoms with Gasteiger partial charge in [-0.25, -0.2) is 4.79 Å². The molecular weight excluding hydrogens is 419 g/mol. The van der Waals surface area contributed by atoms with Crippen LogP contribution in [0.2, 0.25) is 5.02 Å². The molecule has 0 radical (unpaired) electrons. The number of hydrogen-bond acceptors (Lipinski definition) is 4. The first-order valence-corrected chi connectivity index (χ1v) is 11.1. The van der Waals surface area contributed by atoms with Gasteiger partial charge in [0.25, 0.3) is 0 Å². The van der Waals surface area contributed by atoms with E-state index in [0.717, 1.165) is 42.5 Å². The summed E-state index contributed by atoms with van der Waals surface area (Å²) in [6.07, 6.45) is 4.88. The van der Waals surface area contributed by atoms with E-state index in [1.54, 1.807) is 18.2 Å². The van der Waals surface area contributed by atoms with Gasteiger partial charge in [-0.2, -0.15) is 0 Å². The van der Waals surface area contributed by atoms with Crippen LogP contribution in [0.3, 0.4) is 0 Å². The summed E-state index contributed by atoms with van der Waals surface area (Å²) in [7, 11) is 0. The van der Waals surface area contributed by atoms with Crippen LogP contribution in [0, 0.1) is 11.8 Å². The van der Waals surface area contributed by atoms with E-state index in [1.807, 2.05) is 12.1 Å². The van der Waals surface area contributed by atoms with Gasteiger partial charge in [-0.1, -0.05) is 11.6 Å². The Kier molecular flexibility index (Phi) is 7.63. The highest BCUT2D eigenvalue weighted by atomic mass is 35.5. The third-order valence-corrected chi connectivity index (χ3v) is 7.19. The fourth-order valence-corrected chi connectivity index (χ4v) is 5.45. The van der Waals surface area contributed by atoms with E-state index in [1.165, 1.54) is 11.3 Å². The number of aryl methyl sites for hydroxylation is 1. The topological polar surface area (TPSA) is 66.8 Å². The fourth-order valence-electron chi connectivity index (χ4n) is 3.86. The van der Waals surface area contributed by atoms with E-state index in [2.05, 4.69) is 0 Å². The molecule has 0 aliphatic heterocycles. The lowest BCUT2D eigenvalue weighted by Crippen LogP contribution is -2.21. The van der Waals surface area contributed by atoms with Gasteiger partial charge in [0.2, 0.25) is 0 Å². The maximum absolute atomic E-state index is 11.0. The molecule has 4 nitrogen and oxygen atoms in total. The first-order valence-electron chi connectivity index (χ1n) is 9.45. The first kappa shape index (κ1) is 21.4. The van der Waals surface area contributed by atoms with Gasteiger partial charge in [0.15, 0.2) is 0 Å². The number of carboxylic acids is 1. The first-order chi connectivity index (χ1) is 13.5. The second-order valence-corrected chi connectivity index (χ2v) is 9.41. The molecule has 1 aliphatic rings. The van der Waals surface area contributed by atoms with Crippen LogP contribution in [-0.4, -0.2) is 28.2 Å². The lowest BCUT2D eigenvalue weighted by molar-refractivity contribution is 0.0702. The van der Waals surface area contributed by atoms with Crippen molar-refractivity contribution < 1.29 is 19.7 Å². The Morgan fingerprint density at radius 1 is 1.25 bits per heavy atom. The Morgan fingerprint density at radius 3 is 2.79 bits per heavy atom. The molecule has 0 amide bonds. The summed E-state index contributed by atoms with van der Waals surface area (Å²) in [5.74, 6) is 0.581. The number of hydrogen-bond donors (Lipinski definition) is 2. The molecule has 3 rings (SSSR count). The van der Waals surface area contributed by atoms with Crippen LogP contribution in [0.25, 0.3) is 0 Å². The van der Waals surface area contributed by atoms with Crippen LogP contribution in [0.4, 0.5) is 0 Å². The number of aromatic carboxylic acids is 1. The van der Waals surface area contributed by atoms with Gasteiger partial charge in [0.1, 0.15) is 10.6 Å². The highest BCUT2D eigenvalue weighted by molar-refractivity contribution is 7.13. The Labute approximate surface area is 179 Å². The molecule has 2 N–H and O–H groups in total. The zero-order valence-electron chi connectivity index (χ0n) is 15.4. The Morgan fingerprint density at radius 2 is 2.07 bits per heavy atom. The summed E-state index contributed by atoms with van der Waals surface area (Å²) in [6.45, 7) is 0.514. The molecule has 152 valence electrons. The highest BCUT2D eigenvalue weighted by Gasteiger charge is 2.34. The van der Waals surface area contributed by atoms with E-state index in [9.17, 15) is 9.90 Å². The van der Waals surface area contributed by atoms with E-state index < -0.39 is 5.97 Å². The third kappa shape index (κ3) is 5.63. The second kappa shape index (κ2) is 9.97. The number of aliphatic hydroxyl groups excluding tert-OH is 1. The number of halogens is 2. The molecule has 1 heterocycles. The van der Waals surface area contributed by atoms with Gasteiger partial charge in [-0.15, -0.1) is 22.9 Å². The average molecular weight is 443 g/mol. The predicted molar refractivity (Wildman–Crippen MR) is 113 cm³/mol. The van der Waals surface area contributed by atoms with Crippen LogP contribution < -0.4 is 4.74 Å². The van der Waals surface area contributed by atoms with E-state index in [0.29, 0.717) is 34.1 Å². The lowest BCUT2D eigenvalue weighted by Gasteiger charge is -2.22. The minimum atomic E-state index is -0.865. The normalized spacial score (nSPS) is 21.8. The van der Waals surface area contributed by atoms with Crippen molar-refractivity contribution in [2.24, 2.45) is 11.8 Å². The van der Waals surface area contributed by atoms with Crippen molar-refractivity contribution in [1.82, 2.24) is 0 Å². The van der Waals surface area contributed by atoms with Gasteiger partial charge < -0.3 is 14.9 Å². The lowest BCUT2D eigenvalue weighted by atomic mass is 9.91. The van der Waals surface area contributed by atoms with E-state index in [-0.39, 0.29) is 12.0 Å². The third-order valence-electron chi connectivity index (χ3n) is 5.29. The quantitative estimate of drug-likeness (QED) is 0.493. The van der Waals surface area contributed by atoms with Gasteiger partial charge in [-0.3, -0.25) is 0 Å². The zero-order valence-corrected chi connectivity index (χ0v) is 17.8. The molecule has 1 fully saturated rings. The SMILES string of the molecule is O=C(O)c1ccc(CCCC2C(Cl)CCC2COc2cc(Cl)cc(CO)c2)s1. The van der Waals surface area contributed by atoms with Crippen LogP contribution in [0.1, 0.15) is 45.8 Å². The standard InChI is InChI=1S/C21H24Cl2O4S/c22-15-8-13(11-24)9-16(10-15)27-12-14-4-6-19(23)18(14)3-1-2-17-5-7-20(28-17)21(25)26/h5,7-10,14,18-19,24H,1-4,6,11-12H2,(H,25,26). The molecule has 1 saturated carbocycles. The number of carbonyl (C=O) groups is 1. The maximum Gasteiger partial charge on any atom is 0.345 e. The summed E-state index contributed by atoms with van der Waals surface area (Å²) >= 11 is 14.0. The molecule has 3 atom stereocenters. The average Bonchev–Trinajstić information content (AvgIpc) is 3.27. The van der Waals surface area contributed by atoms with Gasteiger partial charge in [-0.05, 0) is 79.8 Å². The monoisotopic (exact) mass is 442 g/mol. The van der Waals surface area contributed by atoms with Crippen molar-refractivity contribution in [3.05, 3.63) is 50.7 Å². The smallest absolute Gasteiger partial charge is 0.345 e. The summed E-state index contributed by atoms with van der Waals surface area (Å²) in [5, 5.41) is 19.0. The molecule has 1 aromatic heterocycles. The summed E-state index contributed by atoms with van der Waals surface area (Å²) in [5.41, 5.74) is 0.734. The maximum atomic E-state index is 11.0. The minimum Gasteiger partial charge on any atom is -0.493 e. The van der Waals surface area contributed by atoms with Crippen LogP contribution in [0.15, 0.2) is 30.3 Å². The van der Waals surface area contributed by atoms with Crippen LogP contribution in [-0.2, 0) is 13.0 Å². The molecule has 1 aliphatic carbocycles. The number of carboxylic acid groups (broad SMARTS) is 1. The van der Waals surface area contributed by atoms with Gasteiger partial charge in [0.05, 0.1) is 13.2 Å². The van der Waals surface area contributed by atoms with Gasteiger partial charge >= 0.3 is 5.97 Å². The molecule has 2 aromatic rings. The van der Waals surface area contributed by atoms with E-state index >= 15 is 0 Å². The number of ether oxygens (including phenoxy) is 1. The highest BCUT2D eigenvalue weighted by Crippen LogP contribution is 2.39. The Hall–Kier alpha value is -1.27. The molecule has 0 saturated heterocycles. The number of alkyl halides is 1. The second-order valence-electron chi connectivity index (χ2n) is 7.24. The van der Waals surface area contributed by atoms with Crippen LogP contribution >= 0.6 is 34.5 Å². The zero-order chi connectivity index (χ0) is 20.1. The fraction of sp³-hybridized carbons (Fsp3) is 0.476. The Balaban J connectivity index is 1.52. The number of aliphatic hydroxyl groups is 1. The summed E-state index contributed by atoms with van der Waals surface area (Å²) in [4.78, 5) is 12.5. The number of rotatable bonds is 9. The van der Waals surface area contributed by atoms with Gasteiger partial charge in [0, 0.05) is 15.3 Å². The van der Waals surface area contributed by atoms with Crippen molar-refractivity contribution in [1.29, 1.82) is 0 Å². The molecule has 1 aromatic carbocycles. The molecule has 3 unspecified atom stereocenters. The predicted octanol–water partition coefficient (Wildman–Crippen LogP) is 5.63. The summed E-state index contributed by atoms with van der Waals surface area (Å²) in [6, 6.07) is 8.87. The number of benzene rings is 1. The molecule has 0 bridgehead atoms. The largest absolute Gasteiger partial charge is 0.493 e. The molecule has 28 heavy (non-hydrogen) atoms. The van der Waals surface area contributed by atoms with Crippen molar-refractivity contribution >= 4 is 40.5 Å². The summed E-state index contributed by atoms with van der Waals surface area (Å²) < 4.78 is 5.97. The van der Waals surface area contributed by atoms with Crippen LogP contribution in [0.5, 0.6) is 5.75 Å². The molecular formula is C21H24Cl2O4S. The Bertz CT molecular complexity index is 807. The van der Waals surface area contributed by atoms with Crippen molar-refractivity contribution in [2.45, 2.75) is 44.1 Å². The van der Waals surface area contributed by atoms with Crippen molar-refractivity contribution in [3.8, 4) is 5.75 Å². The molecule has 7 heteroatoms. The van der Waals surface area contributed by atoms with E-state index in [4.69, 9.17) is 33.0 Å². The molecule has 0 spiro atoms.